The third kappa shape index (κ3) is 15.7. The first-order chi connectivity index (χ1) is 27.6. The van der Waals surface area contributed by atoms with Crippen molar-refractivity contribution in [2.45, 2.75) is 87.7 Å². The molecule has 0 spiro atoms. The maximum Gasteiger partial charge on any atom is 0.326 e. The van der Waals surface area contributed by atoms with Crippen LogP contribution in [0, 0.1) is 0 Å². The molecule has 7 atom stereocenters. The molecule has 0 radical (unpaired) electrons. The van der Waals surface area contributed by atoms with Crippen molar-refractivity contribution in [3.63, 3.8) is 0 Å². The Bertz CT molecular complexity index is 1930. The molecule has 25 heteroatoms. The third-order valence-corrected chi connectivity index (χ3v) is 8.26. The number of carbonyl (C=O) groups excluding carboxylic acids is 6. The Morgan fingerprint density at radius 2 is 1.00 bits per heavy atom. The smallest absolute Gasteiger partial charge is 0.326 e. The summed E-state index contributed by atoms with van der Waals surface area (Å²) in [6, 6.07) is -5.95. The molecule has 0 aliphatic rings. The number of aliphatic hydroxyl groups is 1. The van der Waals surface area contributed by atoms with Gasteiger partial charge in [-0.1, -0.05) is 18.2 Å². The number of rotatable bonds is 25. The van der Waals surface area contributed by atoms with Crippen molar-refractivity contribution >= 4 is 76.2 Å². The number of carboxylic acids is 5. The summed E-state index contributed by atoms with van der Waals surface area (Å²) >= 11 is 0. The molecule has 15 N–H and O–H groups in total. The fourth-order valence-corrected chi connectivity index (χ4v) is 5.27. The highest BCUT2D eigenvalue weighted by atomic mass is 16.4. The van der Waals surface area contributed by atoms with Crippen LogP contribution in [0.3, 0.4) is 0 Å². The van der Waals surface area contributed by atoms with Crippen LogP contribution in [-0.4, -0.2) is 150 Å². The van der Waals surface area contributed by atoms with Crippen LogP contribution in [0.2, 0.25) is 0 Å². The van der Waals surface area contributed by atoms with Gasteiger partial charge in [-0.25, -0.2) is 4.79 Å². The van der Waals surface area contributed by atoms with Gasteiger partial charge in [0, 0.05) is 29.9 Å². The predicted octanol–water partition coefficient (Wildman–Crippen LogP) is -4.67. The van der Waals surface area contributed by atoms with E-state index in [0.29, 0.717) is 16.5 Å². The van der Waals surface area contributed by atoms with Gasteiger partial charge >= 0.3 is 29.8 Å². The van der Waals surface area contributed by atoms with E-state index < -0.39 is 146 Å². The largest absolute Gasteiger partial charge is 0.481 e. The molecule has 2 aromatic rings. The fraction of sp³-hybridized carbons (Fsp3) is 0.441. The lowest BCUT2D eigenvalue weighted by atomic mass is 10.0. The number of nitrogens with one attached hydrogen (secondary N) is 7. The number of hydrogen-bond acceptors (Lipinski definition) is 13. The van der Waals surface area contributed by atoms with Crippen molar-refractivity contribution < 1.29 is 83.4 Å². The second-order valence-electron chi connectivity index (χ2n) is 13.0. The average molecular weight is 837 g/mol. The number of amides is 6. The summed E-state index contributed by atoms with van der Waals surface area (Å²) in [6.07, 6.45) is -3.57. The van der Waals surface area contributed by atoms with Crippen molar-refractivity contribution in [2.75, 3.05) is 6.61 Å². The minimum atomic E-state index is -2.04. The summed E-state index contributed by atoms with van der Waals surface area (Å²) < 4.78 is 0. The first-order valence-electron chi connectivity index (χ1n) is 17.5. The Kier molecular flexibility index (Phi) is 18.3. The molecule has 1 aromatic carbocycles. The van der Waals surface area contributed by atoms with Crippen molar-refractivity contribution in [3.05, 3.63) is 36.0 Å². The van der Waals surface area contributed by atoms with E-state index >= 15 is 0 Å². The van der Waals surface area contributed by atoms with Gasteiger partial charge in [-0.15, -0.1) is 0 Å². The van der Waals surface area contributed by atoms with E-state index in [0.717, 1.165) is 0 Å². The molecule has 0 aliphatic carbocycles. The zero-order chi connectivity index (χ0) is 44.6. The molecule has 0 saturated heterocycles. The minimum absolute atomic E-state index is 0.381. The van der Waals surface area contributed by atoms with Crippen LogP contribution >= 0.6 is 0 Å². The first-order valence-corrected chi connectivity index (χ1v) is 17.5. The monoisotopic (exact) mass is 836 g/mol. The summed E-state index contributed by atoms with van der Waals surface area (Å²) in [5.41, 5.74) is 6.42. The van der Waals surface area contributed by atoms with Gasteiger partial charge in [0.2, 0.25) is 35.4 Å². The molecule has 0 bridgehead atoms. The normalized spacial score (nSPS) is 14.4. The van der Waals surface area contributed by atoms with Crippen LogP contribution < -0.4 is 37.6 Å². The van der Waals surface area contributed by atoms with Gasteiger partial charge < -0.3 is 73.3 Å². The van der Waals surface area contributed by atoms with E-state index in [-0.39, 0.29) is 6.42 Å². The lowest BCUT2D eigenvalue weighted by molar-refractivity contribution is -0.147. The molecule has 0 saturated carbocycles. The van der Waals surface area contributed by atoms with Crippen LogP contribution in [0.4, 0.5) is 0 Å². The number of H-pyrrole nitrogens is 1. The minimum Gasteiger partial charge on any atom is -0.481 e. The number of aromatic amines is 1. The second kappa shape index (κ2) is 22.6. The summed E-state index contributed by atoms with van der Waals surface area (Å²) in [6.45, 7) is 0.0131. The number of carboxylic acid groups (broad SMARTS) is 5. The highest BCUT2D eigenvalue weighted by molar-refractivity contribution is 5.99. The maximum absolute atomic E-state index is 13.8. The Morgan fingerprint density at radius 3 is 1.51 bits per heavy atom. The van der Waals surface area contributed by atoms with Gasteiger partial charge in [-0.3, -0.25) is 47.9 Å². The molecule has 1 aromatic heterocycles. The number of fused-ring (bicyclic) bond motifs is 1. The molecular formula is C34H44N8O17. The van der Waals surface area contributed by atoms with E-state index in [4.69, 9.17) is 10.8 Å². The van der Waals surface area contributed by atoms with Gasteiger partial charge in [0.15, 0.2) is 0 Å². The van der Waals surface area contributed by atoms with E-state index in [1.54, 1.807) is 24.3 Å². The Labute approximate surface area is 332 Å². The Morgan fingerprint density at radius 1 is 0.576 bits per heavy atom. The summed E-state index contributed by atoms with van der Waals surface area (Å²) in [5, 5.41) is 69.4. The number of benzene rings is 1. The van der Waals surface area contributed by atoms with Crippen LogP contribution in [0.5, 0.6) is 0 Å². The van der Waals surface area contributed by atoms with Crippen molar-refractivity contribution in [1.82, 2.24) is 36.9 Å². The number of nitrogens with two attached hydrogens (primary N) is 1. The number of aliphatic carboxylic acids is 5. The van der Waals surface area contributed by atoms with Crippen molar-refractivity contribution in [1.29, 1.82) is 0 Å². The molecule has 6 amide bonds. The number of para-hydroxylation sites is 1. The van der Waals surface area contributed by atoms with Gasteiger partial charge in [0.25, 0.3) is 0 Å². The Balaban J connectivity index is 2.43. The van der Waals surface area contributed by atoms with Crippen LogP contribution in [0.1, 0.15) is 44.6 Å². The molecule has 2 rings (SSSR count). The number of hydrogen-bond donors (Lipinski definition) is 14. The maximum atomic E-state index is 13.8. The van der Waals surface area contributed by atoms with E-state index in [1.807, 2.05) is 21.3 Å². The molecule has 1 heterocycles. The topological polar surface area (TPSA) is 423 Å². The van der Waals surface area contributed by atoms with E-state index in [9.17, 15) is 78.3 Å². The van der Waals surface area contributed by atoms with E-state index in [2.05, 4.69) is 15.6 Å². The van der Waals surface area contributed by atoms with Gasteiger partial charge in [-0.2, -0.15) is 0 Å². The molecule has 0 aliphatic heterocycles. The van der Waals surface area contributed by atoms with Crippen LogP contribution in [-0.2, 0) is 59.2 Å². The van der Waals surface area contributed by atoms with Gasteiger partial charge in [0.05, 0.1) is 31.9 Å². The van der Waals surface area contributed by atoms with Crippen LogP contribution in [0.15, 0.2) is 30.5 Å². The average Bonchev–Trinajstić information content (AvgIpc) is 3.55. The second-order valence-corrected chi connectivity index (χ2v) is 13.0. The third-order valence-electron chi connectivity index (χ3n) is 8.26. The lowest BCUT2D eigenvalue weighted by Crippen LogP contribution is -2.61. The van der Waals surface area contributed by atoms with Crippen molar-refractivity contribution in [2.24, 2.45) is 5.73 Å². The zero-order valence-electron chi connectivity index (χ0n) is 31.1. The summed E-state index contributed by atoms with van der Waals surface area (Å²) in [7, 11) is 0. The first kappa shape index (κ1) is 48.0. The van der Waals surface area contributed by atoms with Crippen LogP contribution in [0.25, 0.3) is 10.9 Å². The number of carbonyl (C=O) groups is 11. The van der Waals surface area contributed by atoms with Gasteiger partial charge in [-0.05, 0) is 25.0 Å². The zero-order valence-corrected chi connectivity index (χ0v) is 31.1. The fourth-order valence-electron chi connectivity index (χ4n) is 5.27. The number of aromatic nitrogens is 1. The highest BCUT2D eigenvalue weighted by Crippen LogP contribution is 2.19. The van der Waals surface area contributed by atoms with E-state index in [1.165, 1.54) is 13.1 Å². The number of aliphatic hydroxyl groups excluding tert-OH is 1. The molecule has 25 nitrogen and oxygen atoms in total. The molecule has 59 heavy (non-hydrogen) atoms. The predicted molar refractivity (Wildman–Crippen MR) is 196 cm³/mol. The standard InChI is InChI=1S/C34H44N8O17/c1-14(35)28(52)38-20(9-25(46)47)31(55)40-21(10-26(48)49)32(56)42-23(13-43)33(57)39-19(8-15-12-36-17-5-3-2-4-16(15)17)30(54)37-18(6-7-24(44)45)29(53)41-22(34(58)59)11-27(50)51/h2-5,12,14,18-23,36,43H,6-11,13,35H2,1H3,(H,37,54)(H,38,52)(H,39,57)(H,40,55)(H,41,53)(H,42,56)(H,44,45)(H,46,47)(H,48,49)(H,50,51)(H,58,59)/t14-,18-,19-,20-,21-,22-,23-/m0/s1. The quantitative estimate of drug-likeness (QED) is 0.0447. The Hall–Kier alpha value is -7.15. The summed E-state index contributed by atoms with van der Waals surface area (Å²) in [4.78, 5) is 139. The van der Waals surface area contributed by atoms with Gasteiger partial charge in [0.1, 0.15) is 36.3 Å². The highest BCUT2D eigenvalue weighted by Gasteiger charge is 2.35. The molecular weight excluding hydrogens is 792 g/mol. The summed E-state index contributed by atoms with van der Waals surface area (Å²) in [5.74, 6) is -15.5. The van der Waals surface area contributed by atoms with Crippen molar-refractivity contribution in [3.8, 4) is 0 Å². The molecule has 322 valence electrons. The lowest BCUT2D eigenvalue weighted by Gasteiger charge is -2.26. The molecule has 0 fully saturated rings. The molecule has 0 unspecified atom stereocenters. The SMILES string of the molecule is C[C@H](N)C(=O)N[C@@H](CC(=O)O)C(=O)N[C@@H](CC(=O)O)C(=O)N[C@@H](CO)C(=O)N[C@@H](Cc1c[nH]c2ccccc12)C(=O)N[C@@H](CCC(=O)O)C(=O)N[C@@H](CC(=O)O)C(=O)O.